The van der Waals surface area contributed by atoms with Gasteiger partial charge in [0.25, 0.3) is 0 Å². The van der Waals surface area contributed by atoms with E-state index in [-0.39, 0.29) is 5.56 Å². The van der Waals surface area contributed by atoms with E-state index in [4.69, 9.17) is 5.11 Å². The van der Waals surface area contributed by atoms with E-state index in [0.717, 1.165) is 0 Å². The fourth-order valence-electron chi connectivity index (χ4n) is 0.894. The normalized spacial score (nSPS) is 10.0. The van der Waals surface area contributed by atoms with Gasteiger partial charge < -0.3 is 5.11 Å². The lowest BCUT2D eigenvalue weighted by Gasteiger charge is -1.95. The summed E-state index contributed by atoms with van der Waals surface area (Å²) in [7, 11) is 0. The third-order valence-corrected chi connectivity index (χ3v) is 2.15. The molecule has 0 amide bonds. The van der Waals surface area contributed by atoms with Crippen molar-refractivity contribution in [2.45, 2.75) is 0 Å². The average Bonchev–Trinajstić information content (AvgIpc) is 2.71. The summed E-state index contributed by atoms with van der Waals surface area (Å²) in [5, 5.41) is 10.4. The van der Waals surface area contributed by atoms with Crippen LogP contribution >= 0.6 is 11.3 Å². The number of nitrogens with zero attached hydrogens (tertiary/aromatic N) is 3. The first-order valence-electron chi connectivity index (χ1n) is 3.71. The molecule has 0 saturated carbocycles. The number of carbonyl (C=O) groups is 1. The molecule has 0 aliphatic rings. The second-order valence-electron chi connectivity index (χ2n) is 2.47. The first kappa shape index (κ1) is 8.76. The first-order chi connectivity index (χ1) is 6.77. The van der Waals surface area contributed by atoms with Gasteiger partial charge in [-0.1, -0.05) is 0 Å². The van der Waals surface area contributed by atoms with Gasteiger partial charge >= 0.3 is 5.97 Å². The molecule has 5 nitrogen and oxygen atoms in total. The number of rotatable bonds is 2. The molecule has 0 saturated heterocycles. The van der Waals surface area contributed by atoms with Crippen LogP contribution in [0.3, 0.4) is 0 Å². The van der Waals surface area contributed by atoms with Crippen molar-refractivity contribution in [3.63, 3.8) is 0 Å². The molecule has 2 aromatic rings. The highest BCUT2D eigenvalue weighted by Gasteiger charge is 2.06. The molecule has 0 aliphatic heterocycles. The molecule has 6 heteroatoms. The Labute approximate surface area is 83.1 Å². The van der Waals surface area contributed by atoms with E-state index in [1.807, 2.05) is 0 Å². The smallest absolute Gasteiger partial charge is 0.338 e. The molecule has 2 rings (SSSR count). The molecule has 0 bridgehead atoms. The number of aromatic nitrogens is 3. The maximum Gasteiger partial charge on any atom is 0.338 e. The van der Waals surface area contributed by atoms with Gasteiger partial charge in [0.15, 0.2) is 5.82 Å². The van der Waals surface area contributed by atoms with E-state index < -0.39 is 5.97 Å². The summed E-state index contributed by atoms with van der Waals surface area (Å²) >= 11 is 1.44. The van der Waals surface area contributed by atoms with Crippen LogP contribution in [0.4, 0.5) is 0 Å². The third kappa shape index (κ3) is 1.60. The van der Waals surface area contributed by atoms with Crippen LogP contribution in [0.5, 0.6) is 0 Å². The van der Waals surface area contributed by atoms with Gasteiger partial charge in [-0.15, -0.1) is 11.3 Å². The average molecular weight is 207 g/mol. The quantitative estimate of drug-likeness (QED) is 0.803. The van der Waals surface area contributed by atoms with Crippen LogP contribution in [0.2, 0.25) is 0 Å². The number of thiazole rings is 1. The van der Waals surface area contributed by atoms with Gasteiger partial charge in [-0.2, -0.15) is 0 Å². The molecular weight excluding hydrogens is 202 g/mol. The highest BCUT2D eigenvalue weighted by atomic mass is 32.1. The Morgan fingerprint density at radius 2 is 2.00 bits per heavy atom. The molecule has 0 radical (unpaired) electrons. The van der Waals surface area contributed by atoms with Gasteiger partial charge in [0.2, 0.25) is 0 Å². The van der Waals surface area contributed by atoms with Gasteiger partial charge in [-0.3, -0.25) is 0 Å². The van der Waals surface area contributed by atoms with E-state index in [2.05, 4.69) is 15.0 Å². The molecule has 14 heavy (non-hydrogen) atoms. The van der Waals surface area contributed by atoms with E-state index in [1.54, 1.807) is 10.9 Å². The summed E-state index contributed by atoms with van der Waals surface area (Å²) in [5.74, 6) is -0.592. The Bertz CT molecular complexity index is 438. The van der Waals surface area contributed by atoms with Crippen LogP contribution in [-0.2, 0) is 0 Å². The largest absolute Gasteiger partial charge is 0.478 e. The molecule has 0 atom stereocenters. The molecule has 0 aromatic carbocycles. The van der Waals surface area contributed by atoms with E-state index in [9.17, 15) is 4.79 Å². The highest BCUT2D eigenvalue weighted by Crippen LogP contribution is 2.13. The SMILES string of the molecule is O=C(O)c1cnc(-c2cscn2)nc1. The lowest BCUT2D eigenvalue weighted by Crippen LogP contribution is -1.99. The molecule has 0 aliphatic carbocycles. The standard InChI is InChI=1S/C8H5N3O2S/c12-8(13)5-1-9-7(10-2-5)6-3-14-4-11-6/h1-4H,(H,12,13). The van der Waals surface area contributed by atoms with Crippen LogP contribution in [-0.4, -0.2) is 26.0 Å². The van der Waals surface area contributed by atoms with Crippen molar-refractivity contribution in [2.24, 2.45) is 0 Å². The third-order valence-electron chi connectivity index (χ3n) is 1.56. The monoisotopic (exact) mass is 207 g/mol. The van der Waals surface area contributed by atoms with Gasteiger partial charge in [-0.25, -0.2) is 19.7 Å². The summed E-state index contributed by atoms with van der Waals surface area (Å²) in [5.41, 5.74) is 2.40. The van der Waals surface area contributed by atoms with Gasteiger partial charge in [0.05, 0.1) is 11.1 Å². The molecule has 0 fully saturated rings. The Hall–Kier alpha value is -1.82. The Morgan fingerprint density at radius 3 is 2.50 bits per heavy atom. The van der Waals surface area contributed by atoms with Crippen molar-refractivity contribution in [2.75, 3.05) is 0 Å². The number of hydrogen-bond acceptors (Lipinski definition) is 5. The predicted octanol–water partition coefficient (Wildman–Crippen LogP) is 1.30. The first-order valence-corrected chi connectivity index (χ1v) is 4.65. The number of hydrogen-bond donors (Lipinski definition) is 1. The van der Waals surface area contributed by atoms with Crippen LogP contribution in [0.25, 0.3) is 11.5 Å². The maximum absolute atomic E-state index is 10.5. The van der Waals surface area contributed by atoms with E-state index >= 15 is 0 Å². The summed E-state index contributed by atoms with van der Waals surface area (Å²) in [6, 6.07) is 0. The van der Waals surface area contributed by atoms with Gasteiger partial charge in [0, 0.05) is 17.8 Å². The summed E-state index contributed by atoms with van der Waals surface area (Å²) in [4.78, 5) is 22.3. The van der Waals surface area contributed by atoms with Crippen molar-refractivity contribution < 1.29 is 9.90 Å². The van der Waals surface area contributed by atoms with E-state index in [1.165, 1.54) is 23.7 Å². The summed E-state index contributed by atoms with van der Waals surface area (Å²) in [6.45, 7) is 0. The fraction of sp³-hybridized carbons (Fsp3) is 0. The van der Waals surface area contributed by atoms with Crippen molar-refractivity contribution in [1.82, 2.24) is 15.0 Å². The highest BCUT2D eigenvalue weighted by molar-refractivity contribution is 7.07. The molecule has 0 unspecified atom stereocenters. The van der Waals surface area contributed by atoms with Crippen LogP contribution in [0, 0.1) is 0 Å². The molecule has 0 spiro atoms. The minimum Gasteiger partial charge on any atom is -0.478 e. The second kappa shape index (κ2) is 3.51. The molecule has 2 aromatic heterocycles. The van der Waals surface area contributed by atoms with Crippen LogP contribution in [0.1, 0.15) is 10.4 Å². The predicted molar refractivity (Wildman–Crippen MR) is 50.1 cm³/mol. The molecule has 70 valence electrons. The van der Waals surface area contributed by atoms with E-state index in [0.29, 0.717) is 11.5 Å². The summed E-state index contributed by atoms with van der Waals surface area (Å²) in [6.07, 6.45) is 2.54. The van der Waals surface area contributed by atoms with Crippen molar-refractivity contribution in [3.8, 4) is 11.5 Å². The summed E-state index contributed by atoms with van der Waals surface area (Å²) < 4.78 is 0. The van der Waals surface area contributed by atoms with Crippen LogP contribution in [0.15, 0.2) is 23.3 Å². The lowest BCUT2D eigenvalue weighted by molar-refractivity contribution is 0.0696. The number of carboxylic acid groups (broad SMARTS) is 1. The zero-order valence-electron chi connectivity index (χ0n) is 6.91. The lowest BCUT2D eigenvalue weighted by atomic mass is 10.3. The van der Waals surface area contributed by atoms with Crippen molar-refractivity contribution in [1.29, 1.82) is 0 Å². The second-order valence-corrected chi connectivity index (χ2v) is 3.19. The molecule has 1 N–H and O–H groups in total. The Balaban J connectivity index is 2.36. The Morgan fingerprint density at radius 1 is 1.29 bits per heavy atom. The zero-order chi connectivity index (χ0) is 9.97. The van der Waals surface area contributed by atoms with Crippen LogP contribution < -0.4 is 0 Å². The molecular formula is C8H5N3O2S. The number of carboxylic acids is 1. The maximum atomic E-state index is 10.5. The minimum atomic E-state index is -1.03. The number of aromatic carboxylic acids is 1. The van der Waals surface area contributed by atoms with Gasteiger partial charge in [0.1, 0.15) is 5.69 Å². The molecule has 2 heterocycles. The Kier molecular flexibility index (Phi) is 2.19. The fourth-order valence-corrected chi connectivity index (χ4v) is 1.42. The minimum absolute atomic E-state index is 0.0731. The van der Waals surface area contributed by atoms with Gasteiger partial charge in [-0.05, 0) is 0 Å². The van der Waals surface area contributed by atoms with Crippen molar-refractivity contribution >= 4 is 17.3 Å². The zero-order valence-corrected chi connectivity index (χ0v) is 7.73. The van der Waals surface area contributed by atoms with Crippen molar-refractivity contribution in [3.05, 3.63) is 28.8 Å². The topological polar surface area (TPSA) is 76.0 Å².